The third-order valence-electron chi connectivity index (χ3n) is 2.35. The Morgan fingerprint density at radius 3 is 2.63 bits per heavy atom. The van der Waals surface area contributed by atoms with Crippen LogP contribution in [0.4, 0.5) is 17.1 Å². The van der Waals surface area contributed by atoms with Crippen LogP contribution in [0.25, 0.3) is 0 Å². The Bertz CT molecular complexity index is 501. The minimum absolute atomic E-state index is 0.128. The highest BCUT2D eigenvalue weighted by Gasteiger charge is 2.18. The van der Waals surface area contributed by atoms with E-state index >= 15 is 0 Å². The summed E-state index contributed by atoms with van der Waals surface area (Å²) < 4.78 is 0. The second kappa shape index (κ2) is 7.04. The summed E-state index contributed by atoms with van der Waals surface area (Å²) in [7, 11) is 0. The van der Waals surface area contributed by atoms with Crippen LogP contribution in [0.1, 0.15) is 26.2 Å². The summed E-state index contributed by atoms with van der Waals surface area (Å²) in [4.78, 5) is 20.0. The highest BCUT2D eigenvalue weighted by Crippen LogP contribution is 2.28. The number of nitro benzene ring substituents is 2. The monoisotopic (exact) mass is 266 g/mol. The second-order valence-corrected chi connectivity index (χ2v) is 3.78. The second-order valence-electron chi connectivity index (χ2n) is 3.78. The lowest BCUT2D eigenvalue weighted by Gasteiger charge is -2.01. The van der Waals surface area contributed by atoms with E-state index in [1.54, 1.807) is 6.21 Å². The maximum Gasteiger partial charge on any atom is 0.301 e. The molecule has 1 aromatic carbocycles. The fraction of sp³-hybridized carbons (Fsp3) is 0.364. The lowest BCUT2D eigenvalue weighted by Crippen LogP contribution is -1.98. The average molecular weight is 266 g/mol. The van der Waals surface area contributed by atoms with E-state index in [1.165, 1.54) is 12.1 Å². The van der Waals surface area contributed by atoms with Crippen molar-refractivity contribution in [2.24, 2.45) is 5.10 Å². The van der Waals surface area contributed by atoms with Crippen LogP contribution < -0.4 is 5.43 Å². The summed E-state index contributed by atoms with van der Waals surface area (Å²) in [5, 5.41) is 25.2. The molecule has 1 N–H and O–H groups in total. The van der Waals surface area contributed by atoms with Gasteiger partial charge in [-0.05, 0) is 18.9 Å². The zero-order valence-corrected chi connectivity index (χ0v) is 10.4. The number of nitrogens with one attached hydrogen (secondary N) is 1. The Labute approximate surface area is 109 Å². The van der Waals surface area contributed by atoms with E-state index in [4.69, 9.17) is 0 Å². The van der Waals surface area contributed by atoms with Gasteiger partial charge in [-0.3, -0.25) is 25.7 Å². The van der Waals surface area contributed by atoms with Gasteiger partial charge in [-0.2, -0.15) is 5.10 Å². The number of benzene rings is 1. The lowest BCUT2D eigenvalue weighted by molar-refractivity contribution is -0.393. The molecule has 0 saturated heterocycles. The van der Waals surface area contributed by atoms with Crippen molar-refractivity contribution >= 4 is 23.3 Å². The van der Waals surface area contributed by atoms with Crippen molar-refractivity contribution in [3.05, 3.63) is 38.4 Å². The topological polar surface area (TPSA) is 111 Å². The van der Waals surface area contributed by atoms with Crippen LogP contribution >= 0.6 is 0 Å². The highest BCUT2D eigenvalue weighted by atomic mass is 16.6. The number of hydrazone groups is 1. The van der Waals surface area contributed by atoms with Crippen molar-refractivity contribution in [1.29, 1.82) is 0 Å². The van der Waals surface area contributed by atoms with E-state index in [0.29, 0.717) is 0 Å². The van der Waals surface area contributed by atoms with Crippen molar-refractivity contribution in [2.45, 2.75) is 26.2 Å². The predicted molar refractivity (Wildman–Crippen MR) is 71.4 cm³/mol. The van der Waals surface area contributed by atoms with Gasteiger partial charge in [0.25, 0.3) is 5.69 Å². The van der Waals surface area contributed by atoms with Gasteiger partial charge in [0.2, 0.25) is 0 Å². The predicted octanol–water partition coefficient (Wildman–Crippen LogP) is 3.09. The largest absolute Gasteiger partial charge is 0.301 e. The van der Waals surface area contributed by atoms with Gasteiger partial charge in [-0.15, -0.1) is 0 Å². The summed E-state index contributed by atoms with van der Waals surface area (Å²) in [6.07, 6.45) is 4.40. The number of nitrogens with zero attached hydrogens (tertiary/aromatic N) is 3. The van der Waals surface area contributed by atoms with E-state index < -0.39 is 9.85 Å². The molecule has 0 atom stereocenters. The van der Waals surface area contributed by atoms with E-state index in [9.17, 15) is 20.2 Å². The minimum atomic E-state index is -0.684. The summed E-state index contributed by atoms with van der Waals surface area (Å²) in [6.45, 7) is 2.04. The third kappa shape index (κ3) is 4.34. The standard InChI is InChI=1S/C11H14N4O4/c1-2-3-4-7-12-13-10-6-5-9(14(16)17)8-11(10)15(18)19/h5-8,13H,2-4H2,1H3/b12-7-. The SMILES string of the molecule is CCCC/C=N\Nc1ccc([N+](=O)[O-])cc1[N+](=O)[O-]. The van der Waals surface area contributed by atoms with E-state index in [-0.39, 0.29) is 17.1 Å². The molecule has 19 heavy (non-hydrogen) atoms. The van der Waals surface area contributed by atoms with Crippen molar-refractivity contribution in [3.63, 3.8) is 0 Å². The van der Waals surface area contributed by atoms with Crippen molar-refractivity contribution in [3.8, 4) is 0 Å². The van der Waals surface area contributed by atoms with Gasteiger partial charge in [0.1, 0.15) is 5.69 Å². The number of unbranched alkanes of at least 4 members (excludes halogenated alkanes) is 2. The Morgan fingerprint density at radius 2 is 2.05 bits per heavy atom. The molecule has 0 fully saturated rings. The Balaban J connectivity index is 2.85. The fourth-order valence-corrected chi connectivity index (χ4v) is 1.35. The molecule has 0 saturated carbocycles. The molecule has 0 aliphatic rings. The van der Waals surface area contributed by atoms with Gasteiger partial charge in [-0.25, -0.2) is 0 Å². The first kappa shape index (κ1) is 14.6. The van der Waals surface area contributed by atoms with E-state index in [0.717, 1.165) is 25.3 Å². The van der Waals surface area contributed by atoms with Crippen LogP contribution in [0.2, 0.25) is 0 Å². The molecule has 102 valence electrons. The third-order valence-corrected chi connectivity index (χ3v) is 2.35. The molecule has 0 spiro atoms. The molecule has 1 rings (SSSR count). The number of hydrogen-bond donors (Lipinski definition) is 1. The number of non-ortho nitro benzene ring substituents is 1. The van der Waals surface area contributed by atoms with Crippen molar-refractivity contribution in [1.82, 2.24) is 0 Å². The molecule has 8 nitrogen and oxygen atoms in total. The molecular weight excluding hydrogens is 252 g/mol. The summed E-state index contributed by atoms with van der Waals surface area (Å²) in [5.74, 6) is 0. The molecule has 0 aromatic heterocycles. The number of rotatable bonds is 7. The molecule has 0 aliphatic carbocycles. The van der Waals surface area contributed by atoms with Crippen LogP contribution in [0.15, 0.2) is 23.3 Å². The number of anilines is 1. The summed E-state index contributed by atoms with van der Waals surface area (Å²) in [6, 6.07) is 3.37. The highest BCUT2D eigenvalue weighted by molar-refractivity contribution is 5.67. The Morgan fingerprint density at radius 1 is 1.32 bits per heavy atom. The van der Waals surface area contributed by atoms with Gasteiger partial charge in [0.15, 0.2) is 0 Å². The number of hydrogen-bond acceptors (Lipinski definition) is 6. The maximum absolute atomic E-state index is 10.8. The lowest BCUT2D eigenvalue weighted by atomic mass is 10.2. The summed E-state index contributed by atoms with van der Waals surface area (Å²) in [5.41, 5.74) is 1.95. The molecule has 0 amide bonds. The molecule has 0 aliphatic heterocycles. The van der Waals surface area contributed by atoms with Crippen LogP contribution in [-0.2, 0) is 0 Å². The fourth-order valence-electron chi connectivity index (χ4n) is 1.35. The van der Waals surface area contributed by atoms with Crippen LogP contribution in [0, 0.1) is 20.2 Å². The first-order chi connectivity index (χ1) is 9.06. The Kier molecular flexibility index (Phi) is 5.39. The molecular formula is C11H14N4O4. The zero-order chi connectivity index (χ0) is 14.3. The van der Waals surface area contributed by atoms with Gasteiger partial charge >= 0.3 is 5.69 Å². The summed E-state index contributed by atoms with van der Waals surface area (Å²) >= 11 is 0. The van der Waals surface area contributed by atoms with Crippen LogP contribution in [-0.4, -0.2) is 16.1 Å². The van der Waals surface area contributed by atoms with Crippen LogP contribution in [0.3, 0.4) is 0 Å². The molecule has 0 bridgehead atoms. The van der Waals surface area contributed by atoms with Crippen LogP contribution in [0.5, 0.6) is 0 Å². The maximum atomic E-state index is 10.8. The average Bonchev–Trinajstić information content (AvgIpc) is 2.38. The van der Waals surface area contributed by atoms with Gasteiger partial charge < -0.3 is 0 Å². The number of nitro groups is 2. The van der Waals surface area contributed by atoms with Crippen molar-refractivity contribution in [2.75, 3.05) is 5.43 Å². The van der Waals surface area contributed by atoms with Gasteiger partial charge in [0.05, 0.1) is 15.9 Å². The quantitative estimate of drug-likeness (QED) is 0.353. The van der Waals surface area contributed by atoms with E-state index in [1.807, 2.05) is 6.92 Å². The van der Waals surface area contributed by atoms with E-state index in [2.05, 4.69) is 10.5 Å². The Hall–Kier alpha value is -2.51. The minimum Gasteiger partial charge on any atom is -0.272 e. The molecule has 0 radical (unpaired) electrons. The first-order valence-electron chi connectivity index (χ1n) is 5.76. The molecule has 0 heterocycles. The van der Waals surface area contributed by atoms with Gasteiger partial charge in [0, 0.05) is 12.3 Å². The molecule has 8 heteroatoms. The smallest absolute Gasteiger partial charge is 0.272 e. The van der Waals surface area contributed by atoms with Gasteiger partial charge in [-0.1, -0.05) is 13.3 Å². The van der Waals surface area contributed by atoms with Crippen molar-refractivity contribution < 1.29 is 9.85 Å². The molecule has 0 unspecified atom stereocenters. The first-order valence-corrected chi connectivity index (χ1v) is 5.76. The normalized spacial score (nSPS) is 10.6. The zero-order valence-electron chi connectivity index (χ0n) is 10.4. The molecule has 1 aromatic rings.